The number of aryl methyl sites for hydroxylation is 1. The summed E-state index contributed by atoms with van der Waals surface area (Å²) in [5.74, 6) is 0.0191. The summed E-state index contributed by atoms with van der Waals surface area (Å²) in [5.41, 5.74) is 2.06. The van der Waals surface area contributed by atoms with Crippen molar-refractivity contribution in [2.24, 2.45) is 7.05 Å². The van der Waals surface area contributed by atoms with E-state index in [2.05, 4.69) is 15.6 Å². The molecule has 3 amide bonds. The Balaban J connectivity index is 2.13. The number of nitrogens with one attached hydrogen (secondary N) is 2. The zero-order valence-electron chi connectivity index (χ0n) is 17.8. The summed E-state index contributed by atoms with van der Waals surface area (Å²) in [6.45, 7) is 7.58. The molecule has 29 heavy (non-hydrogen) atoms. The van der Waals surface area contributed by atoms with Gasteiger partial charge in [-0.15, -0.1) is 0 Å². The number of imidazole rings is 1. The molecule has 0 saturated carbocycles. The average Bonchev–Trinajstić information content (AvgIpc) is 2.96. The smallest absolute Gasteiger partial charge is 0.328 e. The number of carbonyl (C=O) groups excluding carboxylic acids is 3. The van der Waals surface area contributed by atoms with Gasteiger partial charge in [0.1, 0.15) is 11.9 Å². The van der Waals surface area contributed by atoms with Gasteiger partial charge in [-0.25, -0.2) is 14.6 Å². The summed E-state index contributed by atoms with van der Waals surface area (Å²) < 4.78 is 6.77. The first-order valence-corrected chi connectivity index (χ1v) is 9.58. The van der Waals surface area contributed by atoms with Gasteiger partial charge < -0.3 is 24.8 Å². The van der Waals surface area contributed by atoms with E-state index in [1.54, 1.807) is 33.0 Å². The summed E-state index contributed by atoms with van der Waals surface area (Å²) >= 11 is 0. The van der Waals surface area contributed by atoms with Crippen molar-refractivity contribution in [2.75, 3.05) is 13.7 Å². The van der Waals surface area contributed by atoms with Gasteiger partial charge in [-0.1, -0.05) is 0 Å². The van der Waals surface area contributed by atoms with Crippen LogP contribution in [0.2, 0.25) is 0 Å². The number of nitrogens with zero attached hydrogens (tertiary/aromatic N) is 3. The minimum Gasteiger partial charge on any atom is -0.464 e. The second-order valence-electron chi connectivity index (χ2n) is 7.20. The first kappa shape index (κ1) is 22.2. The summed E-state index contributed by atoms with van der Waals surface area (Å²) in [7, 11) is 3.47. The maximum atomic E-state index is 12.4. The number of hydrogen-bond donors (Lipinski definition) is 2. The van der Waals surface area contributed by atoms with E-state index in [0.717, 1.165) is 5.52 Å². The largest absolute Gasteiger partial charge is 0.464 e. The molecule has 1 atom stereocenters. The number of fused-ring (bicyclic) bond motifs is 1. The first-order chi connectivity index (χ1) is 13.6. The number of ether oxygens (including phenoxy) is 1. The lowest BCUT2D eigenvalue weighted by atomic mass is 10.2. The number of hydrogen-bond acceptors (Lipinski definition) is 5. The predicted octanol–water partition coefficient (Wildman–Crippen LogP) is 1.80. The van der Waals surface area contributed by atoms with E-state index in [9.17, 15) is 14.4 Å². The van der Waals surface area contributed by atoms with E-state index in [1.165, 1.54) is 4.90 Å². The van der Waals surface area contributed by atoms with Gasteiger partial charge in [-0.05, 0) is 45.9 Å². The molecule has 0 unspecified atom stereocenters. The Morgan fingerprint density at radius 1 is 1.21 bits per heavy atom. The highest BCUT2D eigenvalue weighted by atomic mass is 16.5. The van der Waals surface area contributed by atoms with E-state index in [4.69, 9.17) is 4.74 Å². The van der Waals surface area contributed by atoms with E-state index in [-0.39, 0.29) is 25.1 Å². The maximum absolute atomic E-state index is 12.4. The van der Waals surface area contributed by atoms with Crippen molar-refractivity contribution in [3.8, 4) is 0 Å². The Labute approximate surface area is 170 Å². The monoisotopic (exact) mass is 403 g/mol. The third kappa shape index (κ3) is 5.46. The van der Waals surface area contributed by atoms with Crippen LogP contribution in [-0.4, -0.2) is 58.1 Å². The number of benzene rings is 1. The molecule has 0 radical (unpaired) electrons. The number of esters is 1. The quantitative estimate of drug-likeness (QED) is 0.686. The predicted molar refractivity (Wildman–Crippen MR) is 109 cm³/mol. The molecule has 1 aromatic heterocycles. The molecular formula is C20H29N5O4. The molecule has 0 fully saturated rings. The van der Waals surface area contributed by atoms with Gasteiger partial charge >= 0.3 is 12.0 Å². The molecule has 2 N–H and O–H groups in total. The third-order valence-corrected chi connectivity index (χ3v) is 4.36. The van der Waals surface area contributed by atoms with Crippen LogP contribution in [0.3, 0.4) is 0 Å². The Bertz CT molecular complexity index is 906. The molecule has 0 aliphatic heterocycles. The first-order valence-electron chi connectivity index (χ1n) is 9.58. The molecule has 2 aromatic rings. The Hall–Kier alpha value is -3.10. The molecule has 0 aliphatic carbocycles. The van der Waals surface area contributed by atoms with E-state index in [0.29, 0.717) is 16.9 Å². The molecule has 0 bridgehead atoms. The van der Waals surface area contributed by atoms with Gasteiger partial charge in [-0.2, -0.15) is 0 Å². The fraction of sp³-hybridized carbons (Fsp3) is 0.500. The molecule has 0 spiro atoms. The summed E-state index contributed by atoms with van der Waals surface area (Å²) in [4.78, 5) is 42.3. The number of aromatic nitrogens is 2. The number of carbonyl (C=O) groups is 3. The SMILES string of the molecule is CCOC(=O)[C@H](C)NC(=O)N(C)Cc1nc2cc(C(=O)NC(C)C)ccc2n1C. The van der Waals surface area contributed by atoms with Gasteiger partial charge in [0.15, 0.2) is 0 Å². The summed E-state index contributed by atoms with van der Waals surface area (Å²) in [6, 6.07) is 4.22. The highest BCUT2D eigenvalue weighted by Crippen LogP contribution is 2.18. The zero-order valence-corrected chi connectivity index (χ0v) is 17.8. The van der Waals surface area contributed by atoms with Crippen molar-refractivity contribution in [3.05, 3.63) is 29.6 Å². The highest BCUT2D eigenvalue weighted by molar-refractivity contribution is 5.97. The molecule has 2 rings (SSSR count). The molecular weight excluding hydrogens is 374 g/mol. The summed E-state index contributed by atoms with van der Waals surface area (Å²) in [6.07, 6.45) is 0. The van der Waals surface area contributed by atoms with E-state index >= 15 is 0 Å². The van der Waals surface area contributed by atoms with Crippen LogP contribution in [0, 0.1) is 0 Å². The second kappa shape index (κ2) is 9.40. The minimum atomic E-state index is -0.743. The zero-order chi connectivity index (χ0) is 21.7. The van der Waals surface area contributed by atoms with E-state index in [1.807, 2.05) is 31.5 Å². The topological polar surface area (TPSA) is 106 Å². The van der Waals surface area contributed by atoms with Crippen molar-refractivity contribution >= 4 is 28.9 Å². The van der Waals surface area contributed by atoms with Crippen LogP contribution in [0.1, 0.15) is 43.9 Å². The third-order valence-electron chi connectivity index (χ3n) is 4.36. The van der Waals surface area contributed by atoms with Crippen LogP contribution >= 0.6 is 0 Å². The van der Waals surface area contributed by atoms with Crippen LogP contribution in [0.5, 0.6) is 0 Å². The van der Waals surface area contributed by atoms with Crippen molar-refractivity contribution < 1.29 is 19.1 Å². The Morgan fingerprint density at radius 3 is 2.52 bits per heavy atom. The Morgan fingerprint density at radius 2 is 1.90 bits per heavy atom. The number of urea groups is 1. The van der Waals surface area contributed by atoms with Crippen LogP contribution in [0.25, 0.3) is 11.0 Å². The van der Waals surface area contributed by atoms with Crippen LogP contribution in [0.15, 0.2) is 18.2 Å². The molecule has 1 heterocycles. The fourth-order valence-electron chi connectivity index (χ4n) is 2.78. The second-order valence-corrected chi connectivity index (χ2v) is 7.20. The van der Waals surface area contributed by atoms with Gasteiger partial charge in [-0.3, -0.25) is 4.79 Å². The molecule has 9 heteroatoms. The van der Waals surface area contributed by atoms with Crippen molar-refractivity contribution in [2.45, 2.75) is 46.3 Å². The normalized spacial score (nSPS) is 12.0. The number of rotatable bonds is 7. The van der Waals surface area contributed by atoms with E-state index < -0.39 is 18.0 Å². The highest BCUT2D eigenvalue weighted by Gasteiger charge is 2.20. The van der Waals surface area contributed by atoms with Gasteiger partial charge in [0, 0.05) is 25.7 Å². The number of amides is 3. The Kier molecular flexibility index (Phi) is 7.19. The van der Waals surface area contributed by atoms with Gasteiger partial charge in [0.05, 0.1) is 24.2 Å². The lowest BCUT2D eigenvalue weighted by molar-refractivity contribution is -0.144. The van der Waals surface area contributed by atoms with Crippen LogP contribution in [0.4, 0.5) is 4.79 Å². The molecule has 0 aliphatic rings. The standard InChI is InChI=1S/C20H29N5O4/c1-7-29-19(27)13(4)22-20(28)24(5)11-17-23-15-10-14(18(26)21-12(2)3)8-9-16(15)25(17)6/h8-10,12-13H,7,11H2,1-6H3,(H,21,26)(H,22,28)/t13-/m0/s1. The van der Waals surface area contributed by atoms with Gasteiger partial charge in [0.25, 0.3) is 5.91 Å². The van der Waals surface area contributed by atoms with Gasteiger partial charge in [0.2, 0.25) is 0 Å². The van der Waals surface area contributed by atoms with Crippen LogP contribution in [-0.2, 0) is 23.1 Å². The van der Waals surface area contributed by atoms with Crippen molar-refractivity contribution in [1.82, 2.24) is 25.1 Å². The van der Waals surface area contributed by atoms with Crippen LogP contribution < -0.4 is 10.6 Å². The lowest BCUT2D eigenvalue weighted by Crippen LogP contribution is -2.45. The fourth-order valence-corrected chi connectivity index (χ4v) is 2.78. The van der Waals surface area contributed by atoms with Crippen molar-refractivity contribution in [3.63, 3.8) is 0 Å². The van der Waals surface area contributed by atoms with Crippen molar-refractivity contribution in [1.29, 1.82) is 0 Å². The maximum Gasteiger partial charge on any atom is 0.328 e. The average molecular weight is 403 g/mol. The molecule has 158 valence electrons. The minimum absolute atomic E-state index is 0.0432. The molecule has 9 nitrogen and oxygen atoms in total. The lowest BCUT2D eigenvalue weighted by Gasteiger charge is -2.20. The molecule has 0 saturated heterocycles. The summed E-state index contributed by atoms with van der Waals surface area (Å²) in [5, 5.41) is 5.46. The molecule has 1 aromatic carbocycles.